The van der Waals surface area contributed by atoms with Crippen LogP contribution < -0.4 is 5.56 Å². The minimum absolute atomic E-state index is 0.0394. The average Bonchev–Trinajstić information content (AvgIpc) is 3.12. The Hall–Kier alpha value is -4.23. The third-order valence-electron chi connectivity index (χ3n) is 6.52. The number of carbonyl (C=O) groups is 1. The van der Waals surface area contributed by atoms with Crippen molar-refractivity contribution >= 4 is 28.4 Å². The van der Waals surface area contributed by atoms with Crippen LogP contribution in [0.1, 0.15) is 27.2 Å². The van der Waals surface area contributed by atoms with Crippen molar-refractivity contribution in [3.63, 3.8) is 0 Å². The van der Waals surface area contributed by atoms with E-state index in [1.807, 2.05) is 68.6 Å². The number of amides is 1. The lowest BCUT2D eigenvalue weighted by atomic mass is 10.1. The molecule has 5 rings (SSSR count). The smallest absolute Gasteiger partial charge is 0.276 e. The van der Waals surface area contributed by atoms with Gasteiger partial charge in [-0.3, -0.25) is 19.3 Å². The lowest BCUT2D eigenvalue weighted by Gasteiger charge is -2.23. The summed E-state index contributed by atoms with van der Waals surface area (Å²) in [5.41, 5.74) is 3.45. The molecule has 0 saturated heterocycles. The number of halogens is 2. The second-order valence-electron chi connectivity index (χ2n) is 8.85. The van der Waals surface area contributed by atoms with Gasteiger partial charge in [0.1, 0.15) is 5.82 Å². The number of aromatic nitrogens is 3. The van der Waals surface area contributed by atoms with E-state index in [1.54, 1.807) is 26.4 Å². The summed E-state index contributed by atoms with van der Waals surface area (Å²) >= 11 is 6.32. The predicted molar refractivity (Wildman–Crippen MR) is 142 cm³/mol. The van der Waals surface area contributed by atoms with Crippen molar-refractivity contribution in [3.8, 4) is 5.69 Å². The van der Waals surface area contributed by atoms with E-state index in [1.165, 1.54) is 18.3 Å². The Morgan fingerprint density at radius 3 is 2.49 bits per heavy atom. The topological polar surface area (TPSA) is 60.1 Å². The van der Waals surface area contributed by atoms with Gasteiger partial charge >= 0.3 is 0 Å². The second kappa shape index (κ2) is 10.0. The van der Waals surface area contributed by atoms with E-state index in [0.717, 1.165) is 22.3 Å². The van der Waals surface area contributed by atoms with E-state index in [0.29, 0.717) is 16.7 Å². The fourth-order valence-electron chi connectivity index (χ4n) is 4.42. The molecule has 0 spiro atoms. The van der Waals surface area contributed by atoms with E-state index in [9.17, 15) is 14.0 Å². The van der Waals surface area contributed by atoms with Gasteiger partial charge in [-0.15, -0.1) is 0 Å². The molecule has 37 heavy (non-hydrogen) atoms. The van der Waals surface area contributed by atoms with Crippen LogP contribution in [0.4, 0.5) is 4.39 Å². The normalized spacial score (nSPS) is 11.1. The number of hydrogen-bond donors (Lipinski definition) is 0. The average molecular weight is 515 g/mol. The molecule has 2 heterocycles. The molecule has 186 valence electrons. The summed E-state index contributed by atoms with van der Waals surface area (Å²) in [6, 6.07) is 22.7. The number of hydrogen-bond acceptors (Lipinski definition) is 3. The highest BCUT2D eigenvalue weighted by atomic mass is 35.5. The standard InChI is InChI=1S/C29H24ClFN4O2/c1-19-25(29(37)35(33(19)2)24-9-4-3-5-10-24)18-34(17-21-12-13-23(31)15-26(21)30)28(36)22-14-20-8-6-7-11-27(20)32-16-22/h3-16H,17-18H2,1-2H3. The van der Waals surface area contributed by atoms with Gasteiger partial charge in [0, 0.05) is 35.9 Å². The number of fused-ring (bicyclic) bond motifs is 1. The van der Waals surface area contributed by atoms with Gasteiger partial charge in [-0.25, -0.2) is 9.07 Å². The lowest BCUT2D eigenvalue weighted by molar-refractivity contribution is 0.0729. The number of benzene rings is 3. The molecule has 0 saturated carbocycles. The molecule has 0 aliphatic heterocycles. The van der Waals surface area contributed by atoms with E-state index < -0.39 is 5.82 Å². The molecule has 0 atom stereocenters. The largest absolute Gasteiger partial charge is 0.330 e. The molecule has 0 unspecified atom stereocenters. The van der Waals surface area contributed by atoms with Gasteiger partial charge in [0.25, 0.3) is 11.5 Å². The Labute approximate surface area is 218 Å². The first-order valence-corrected chi connectivity index (χ1v) is 12.1. The van der Waals surface area contributed by atoms with Crippen LogP contribution in [0.25, 0.3) is 16.6 Å². The Bertz CT molecular complexity index is 1680. The van der Waals surface area contributed by atoms with E-state index in [4.69, 9.17) is 11.6 Å². The highest BCUT2D eigenvalue weighted by Gasteiger charge is 2.24. The summed E-state index contributed by atoms with van der Waals surface area (Å²) in [6.07, 6.45) is 1.53. The molecule has 0 N–H and O–H groups in total. The molecule has 6 nitrogen and oxygen atoms in total. The van der Waals surface area contributed by atoms with E-state index >= 15 is 0 Å². The Morgan fingerprint density at radius 2 is 1.73 bits per heavy atom. The predicted octanol–water partition coefficient (Wildman–Crippen LogP) is 5.67. The number of carbonyl (C=O) groups excluding carboxylic acids is 1. The van der Waals surface area contributed by atoms with Crippen LogP contribution in [-0.4, -0.2) is 25.2 Å². The van der Waals surface area contributed by atoms with Crippen molar-refractivity contribution in [2.45, 2.75) is 20.0 Å². The summed E-state index contributed by atoms with van der Waals surface area (Å²) in [7, 11) is 1.81. The van der Waals surface area contributed by atoms with Gasteiger partial charge in [-0.2, -0.15) is 0 Å². The van der Waals surface area contributed by atoms with Crippen LogP contribution >= 0.6 is 11.6 Å². The Balaban J connectivity index is 1.57. The van der Waals surface area contributed by atoms with Crippen LogP contribution in [0.15, 0.2) is 89.9 Å². The minimum Gasteiger partial charge on any atom is -0.330 e. The van der Waals surface area contributed by atoms with Crippen LogP contribution in [0.2, 0.25) is 5.02 Å². The van der Waals surface area contributed by atoms with Crippen LogP contribution in [0, 0.1) is 12.7 Å². The summed E-state index contributed by atoms with van der Waals surface area (Å²) in [5, 5.41) is 1.04. The van der Waals surface area contributed by atoms with Crippen molar-refractivity contribution in [1.82, 2.24) is 19.2 Å². The van der Waals surface area contributed by atoms with Gasteiger partial charge in [-0.1, -0.05) is 54.1 Å². The molecular weight excluding hydrogens is 491 g/mol. The summed E-state index contributed by atoms with van der Waals surface area (Å²) < 4.78 is 17.1. The third-order valence-corrected chi connectivity index (χ3v) is 6.88. The summed E-state index contributed by atoms with van der Waals surface area (Å²) in [4.78, 5) is 33.3. The lowest BCUT2D eigenvalue weighted by Crippen LogP contribution is -2.33. The second-order valence-corrected chi connectivity index (χ2v) is 9.26. The number of para-hydroxylation sites is 2. The van der Waals surface area contributed by atoms with E-state index in [-0.39, 0.29) is 29.6 Å². The van der Waals surface area contributed by atoms with Crippen LogP contribution in [0.5, 0.6) is 0 Å². The highest BCUT2D eigenvalue weighted by molar-refractivity contribution is 6.31. The van der Waals surface area contributed by atoms with Crippen molar-refractivity contribution in [3.05, 3.63) is 129 Å². The van der Waals surface area contributed by atoms with Crippen molar-refractivity contribution < 1.29 is 9.18 Å². The minimum atomic E-state index is -0.463. The molecule has 5 aromatic rings. The summed E-state index contributed by atoms with van der Waals surface area (Å²) in [6.45, 7) is 1.98. The number of nitrogens with zero attached hydrogens (tertiary/aromatic N) is 4. The maximum absolute atomic E-state index is 13.8. The molecular formula is C29H24ClFN4O2. The fourth-order valence-corrected chi connectivity index (χ4v) is 4.65. The molecule has 0 radical (unpaired) electrons. The van der Waals surface area contributed by atoms with E-state index in [2.05, 4.69) is 4.98 Å². The van der Waals surface area contributed by atoms with Crippen molar-refractivity contribution in [1.29, 1.82) is 0 Å². The highest BCUT2D eigenvalue weighted by Crippen LogP contribution is 2.23. The van der Waals surface area contributed by atoms with Gasteiger partial charge in [0.05, 0.1) is 28.9 Å². The summed E-state index contributed by atoms with van der Waals surface area (Å²) in [5.74, 6) is -0.775. The van der Waals surface area contributed by atoms with Gasteiger partial charge < -0.3 is 4.90 Å². The fraction of sp³-hybridized carbons (Fsp3) is 0.138. The number of pyridine rings is 1. The molecule has 1 amide bonds. The van der Waals surface area contributed by atoms with Crippen molar-refractivity contribution in [2.75, 3.05) is 0 Å². The molecule has 0 aliphatic carbocycles. The molecule has 0 fully saturated rings. The Morgan fingerprint density at radius 1 is 1.00 bits per heavy atom. The zero-order valence-electron chi connectivity index (χ0n) is 20.4. The molecule has 2 aromatic heterocycles. The molecule has 0 aliphatic rings. The first-order valence-electron chi connectivity index (χ1n) is 11.7. The molecule has 3 aromatic carbocycles. The SMILES string of the molecule is Cc1c(CN(Cc2ccc(F)cc2Cl)C(=O)c2cnc3ccccc3c2)c(=O)n(-c2ccccc2)n1C. The first-order chi connectivity index (χ1) is 17.8. The maximum atomic E-state index is 13.8. The quantitative estimate of drug-likeness (QED) is 0.293. The zero-order valence-corrected chi connectivity index (χ0v) is 21.1. The number of rotatable bonds is 6. The van der Waals surface area contributed by atoms with Gasteiger partial charge in [-0.05, 0) is 48.9 Å². The molecule has 0 bridgehead atoms. The Kier molecular flexibility index (Phi) is 6.63. The maximum Gasteiger partial charge on any atom is 0.276 e. The zero-order chi connectivity index (χ0) is 26.1. The van der Waals surface area contributed by atoms with Gasteiger partial charge in [0.2, 0.25) is 0 Å². The van der Waals surface area contributed by atoms with Crippen LogP contribution in [-0.2, 0) is 20.1 Å². The van der Waals surface area contributed by atoms with Gasteiger partial charge in [0.15, 0.2) is 0 Å². The monoisotopic (exact) mass is 514 g/mol. The van der Waals surface area contributed by atoms with Crippen molar-refractivity contribution in [2.24, 2.45) is 7.05 Å². The van der Waals surface area contributed by atoms with Crippen LogP contribution in [0.3, 0.4) is 0 Å². The third kappa shape index (κ3) is 4.78. The molecule has 8 heteroatoms. The first kappa shape index (κ1) is 24.5.